The van der Waals surface area contributed by atoms with Crippen LogP contribution >= 0.6 is 0 Å². The lowest BCUT2D eigenvalue weighted by molar-refractivity contribution is 0.635. The zero-order chi connectivity index (χ0) is 29.7. The molecule has 0 aliphatic carbocycles. The highest BCUT2D eigenvalue weighted by atomic mass is 28.3. The second-order valence-electron chi connectivity index (χ2n) is 11.9. The molecule has 2 heterocycles. The molecule has 0 bridgehead atoms. The van der Waals surface area contributed by atoms with E-state index in [4.69, 9.17) is 4.42 Å². The van der Waals surface area contributed by atoms with E-state index >= 15 is 0 Å². The number of hydrogen-bond donors (Lipinski definition) is 0. The Morgan fingerprint density at radius 1 is 0.455 bits per heavy atom. The smallest absolute Gasteiger partial charge is 0.135 e. The van der Waals surface area contributed by atoms with E-state index in [1.807, 2.05) is 0 Å². The maximum atomic E-state index is 6.76. The molecule has 1 aliphatic heterocycles. The van der Waals surface area contributed by atoms with Crippen LogP contribution in [0.25, 0.3) is 22.3 Å². The Bertz CT molecular complexity index is 2010. The number of para-hydroxylation sites is 4. The van der Waals surface area contributed by atoms with Gasteiger partial charge in [0.15, 0.2) is 0 Å². The molecular weight excluding hydrogens is 553 g/mol. The van der Waals surface area contributed by atoms with Crippen LogP contribution in [0.2, 0.25) is 13.1 Å². The highest BCUT2D eigenvalue weighted by molar-refractivity contribution is 7.05. The van der Waals surface area contributed by atoms with Crippen LogP contribution in [-0.4, -0.2) is 8.07 Å². The lowest BCUT2D eigenvalue weighted by Gasteiger charge is -2.27. The van der Waals surface area contributed by atoms with E-state index < -0.39 is 8.07 Å². The molecule has 0 unspecified atom stereocenters. The summed E-state index contributed by atoms with van der Waals surface area (Å²) in [5.74, 6) is 1.03. The van der Waals surface area contributed by atoms with Crippen molar-refractivity contribution in [2.24, 2.45) is 0 Å². The van der Waals surface area contributed by atoms with Crippen molar-refractivity contribution in [1.82, 2.24) is 0 Å². The fraction of sp³-hybridized carbons (Fsp3) is 0.0500. The minimum absolute atomic E-state index is 0.944. The predicted molar refractivity (Wildman–Crippen MR) is 188 cm³/mol. The maximum Gasteiger partial charge on any atom is 0.135 e. The van der Waals surface area contributed by atoms with E-state index in [0.717, 1.165) is 45.5 Å². The third-order valence-electron chi connectivity index (χ3n) is 8.79. The first-order valence-electron chi connectivity index (χ1n) is 15.1. The molecular formula is C40H32N2OSi. The number of fused-ring (bicyclic) bond motifs is 5. The maximum absolute atomic E-state index is 6.76. The molecule has 6 aromatic carbocycles. The topological polar surface area (TPSA) is 19.6 Å². The van der Waals surface area contributed by atoms with Crippen LogP contribution in [0, 0.1) is 0 Å². The van der Waals surface area contributed by atoms with E-state index in [0.29, 0.717) is 0 Å². The van der Waals surface area contributed by atoms with Gasteiger partial charge in [-0.1, -0.05) is 92.0 Å². The molecule has 1 aromatic heterocycles. The second kappa shape index (κ2) is 10.4. The van der Waals surface area contributed by atoms with Crippen molar-refractivity contribution >= 4 is 63.5 Å². The van der Waals surface area contributed by atoms with Gasteiger partial charge in [0, 0.05) is 45.1 Å². The van der Waals surface area contributed by atoms with Crippen molar-refractivity contribution in [3.05, 3.63) is 158 Å². The SMILES string of the molecule is C[Si]1(C)c2ccc(N(c3ccccc3)c3ccccc3)cc2-c2oc3ccc(N(c4ccccc4)c4ccccc4)cc3c21. The molecule has 3 nitrogen and oxygen atoms in total. The fourth-order valence-corrected chi connectivity index (χ4v) is 10.0. The summed E-state index contributed by atoms with van der Waals surface area (Å²) in [6.07, 6.45) is 0. The van der Waals surface area contributed by atoms with Crippen molar-refractivity contribution in [2.45, 2.75) is 13.1 Å². The highest BCUT2D eigenvalue weighted by Gasteiger charge is 2.42. The quantitative estimate of drug-likeness (QED) is 0.181. The first-order valence-corrected chi connectivity index (χ1v) is 18.1. The fourth-order valence-electron chi connectivity index (χ4n) is 6.78. The van der Waals surface area contributed by atoms with E-state index in [1.165, 1.54) is 21.3 Å². The number of benzene rings is 6. The van der Waals surface area contributed by atoms with Gasteiger partial charge in [0.1, 0.15) is 19.4 Å². The molecule has 1 aliphatic rings. The molecule has 4 heteroatoms. The zero-order valence-corrected chi connectivity index (χ0v) is 25.8. The lowest BCUT2D eigenvalue weighted by Crippen LogP contribution is -2.49. The first kappa shape index (κ1) is 26.3. The van der Waals surface area contributed by atoms with Crippen LogP contribution in [0.1, 0.15) is 0 Å². The highest BCUT2D eigenvalue weighted by Crippen LogP contribution is 2.42. The van der Waals surface area contributed by atoms with E-state index in [-0.39, 0.29) is 0 Å². The Kier molecular flexibility index (Phi) is 6.24. The summed E-state index contributed by atoms with van der Waals surface area (Å²) in [6, 6.07) is 56.0. The molecule has 0 saturated carbocycles. The summed E-state index contributed by atoms with van der Waals surface area (Å²) in [5, 5.41) is 4.02. The third-order valence-corrected chi connectivity index (χ3v) is 12.3. The Hall–Kier alpha value is -5.32. The Balaban J connectivity index is 1.29. The van der Waals surface area contributed by atoms with Crippen molar-refractivity contribution in [1.29, 1.82) is 0 Å². The molecule has 0 fully saturated rings. The average molecular weight is 585 g/mol. The zero-order valence-electron chi connectivity index (χ0n) is 24.8. The van der Waals surface area contributed by atoms with Gasteiger partial charge >= 0.3 is 0 Å². The van der Waals surface area contributed by atoms with Gasteiger partial charge in [-0.05, 0) is 89.2 Å². The standard InChI is InChI=1S/C40H32N2OSi/c1-44(2)38-26-24-34(42(31-19-11-5-12-20-31)32-21-13-6-14-22-32)28-36(38)39-40(44)35-27-33(23-25-37(35)43-39)41(29-15-7-3-8-16-29)30-17-9-4-10-18-30/h3-28H,1-2H3. The molecule has 0 amide bonds. The van der Waals surface area contributed by atoms with Gasteiger partial charge in [-0.3, -0.25) is 0 Å². The summed E-state index contributed by atoms with van der Waals surface area (Å²) in [6.45, 7) is 4.91. The largest absolute Gasteiger partial charge is 0.456 e. The van der Waals surface area contributed by atoms with Crippen LogP contribution in [0.5, 0.6) is 0 Å². The van der Waals surface area contributed by atoms with Crippen LogP contribution in [-0.2, 0) is 0 Å². The normalized spacial score (nSPS) is 13.0. The minimum atomic E-state index is -2.06. The number of furan rings is 1. The van der Waals surface area contributed by atoms with Gasteiger partial charge in [0.2, 0.25) is 0 Å². The van der Waals surface area contributed by atoms with Gasteiger partial charge in [0.25, 0.3) is 0 Å². The summed E-state index contributed by atoms with van der Waals surface area (Å²) >= 11 is 0. The second-order valence-corrected chi connectivity index (χ2v) is 16.1. The van der Waals surface area contributed by atoms with Crippen LogP contribution < -0.4 is 20.2 Å². The summed E-state index contributed by atoms with van der Waals surface area (Å²) in [7, 11) is -2.06. The van der Waals surface area contributed by atoms with Crippen LogP contribution in [0.15, 0.2) is 162 Å². The van der Waals surface area contributed by atoms with Crippen molar-refractivity contribution in [2.75, 3.05) is 9.80 Å². The molecule has 8 rings (SSSR count). The van der Waals surface area contributed by atoms with Gasteiger partial charge in [-0.15, -0.1) is 0 Å². The van der Waals surface area contributed by atoms with Gasteiger partial charge in [-0.25, -0.2) is 0 Å². The minimum Gasteiger partial charge on any atom is -0.456 e. The monoisotopic (exact) mass is 584 g/mol. The summed E-state index contributed by atoms with van der Waals surface area (Å²) < 4.78 is 6.76. The molecule has 0 atom stereocenters. The average Bonchev–Trinajstić information content (AvgIpc) is 3.56. The number of rotatable bonds is 6. The van der Waals surface area contributed by atoms with E-state index in [1.54, 1.807) is 0 Å². The molecule has 0 saturated heterocycles. The van der Waals surface area contributed by atoms with Gasteiger partial charge in [0.05, 0.1) is 0 Å². The van der Waals surface area contributed by atoms with Crippen LogP contribution in [0.4, 0.5) is 34.1 Å². The Labute approximate surface area is 259 Å². The molecule has 0 radical (unpaired) electrons. The molecule has 7 aromatic rings. The molecule has 0 N–H and O–H groups in total. The van der Waals surface area contributed by atoms with Crippen molar-refractivity contribution < 1.29 is 4.42 Å². The Morgan fingerprint density at radius 2 is 0.886 bits per heavy atom. The van der Waals surface area contributed by atoms with Gasteiger partial charge in [-0.2, -0.15) is 0 Å². The summed E-state index contributed by atoms with van der Waals surface area (Å²) in [5.41, 5.74) is 8.92. The number of hydrogen-bond acceptors (Lipinski definition) is 3. The number of anilines is 6. The van der Waals surface area contributed by atoms with Crippen LogP contribution in [0.3, 0.4) is 0 Å². The first-order chi connectivity index (χ1) is 21.6. The van der Waals surface area contributed by atoms with E-state index in [9.17, 15) is 0 Å². The van der Waals surface area contributed by atoms with Crippen molar-refractivity contribution in [3.63, 3.8) is 0 Å². The van der Waals surface area contributed by atoms with Gasteiger partial charge < -0.3 is 14.2 Å². The van der Waals surface area contributed by atoms with Crippen molar-refractivity contribution in [3.8, 4) is 11.3 Å². The molecule has 0 spiro atoms. The third kappa shape index (κ3) is 4.26. The number of nitrogens with zero attached hydrogens (tertiary/aromatic N) is 2. The van der Waals surface area contributed by atoms with E-state index in [2.05, 4.69) is 181 Å². The lowest BCUT2D eigenvalue weighted by atomic mass is 10.1. The molecule has 44 heavy (non-hydrogen) atoms. The molecule has 212 valence electrons. The predicted octanol–water partition coefficient (Wildman–Crippen LogP) is 10.2. The Morgan fingerprint density at radius 3 is 1.36 bits per heavy atom. The summed E-state index contributed by atoms with van der Waals surface area (Å²) in [4.78, 5) is 4.65.